The molecule has 2 aliphatic carbocycles. The van der Waals surface area contributed by atoms with Crippen LogP contribution in [0.3, 0.4) is 0 Å². The third-order valence-electron chi connectivity index (χ3n) is 7.36. The van der Waals surface area contributed by atoms with Crippen molar-refractivity contribution in [3.8, 4) is 5.69 Å². The number of aromatic nitrogens is 6. The van der Waals surface area contributed by atoms with Gasteiger partial charge in [-0.15, -0.1) is 10.2 Å². The molecule has 3 heterocycles. The van der Waals surface area contributed by atoms with Crippen molar-refractivity contribution in [1.29, 1.82) is 0 Å². The molecule has 2 N–H and O–H groups in total. The molecule has 192 valence electrons. The van der Waals surface area contributed by atoms with Gasteiger partial charge in [0.05, 0.1) is 34.8 Å². The SMILES string of the molecule is Cn1c(=O)n(-c2ccc(N[C@H]3CC[C@H](Nc4ncc(C5CC5)nn4)C3)nc2)c2cc(P(C)(C)=O)ccc21. The number of anilines is 2. The van der Waals surface area contributed by atoms with Crippen LogP contribution in [0.15, 0.2) is 47.5 Å². The fourth-order valence-corrected chi connectivity index (χ4v) is 5.94. The monoisotopic (exact) mass is 518 g/mol. The minimum absolute atomic E-state index is 0.164. The summed E-state index contributed by atoms with van der Waals surface area (Å²) in [5.41, 5.74) is 3.01. The highest BCUT2D eigenvalue weighted by Gasteiger charge is 2.28. The zero-order chi connectivity index (χ0) is 25.7. The van der Waals surface area contributed by atoms with Gasteiger partial charge in [-0.1, -0.05) is 0 Å². The van der Waals surface area contributed by atoms with Crippen LogP contribution in [0.2, 0.25) is 0 Å². The lowest BCUT2D eigenvalue weighted by molar-refractivity contribution is 0.588. The zero-order valence-corrected chi connectivity index (χ0v) is 22.2. The highest BCUT2D eigenvalue weighted by atomic mass is 31.2. The van der Waals surface area contributed by atoms with Gasteiger partial charge in [0.1, 0.15) is 13.0 Å². The van der Waals surface area contributed by atoms with Gasteiger partial charge in [0.2, 0.25) is 5.95 Å². The van der Waals surface area contributed by atoms with E-state index in [-0.39, 0.29) is 17.8 Å². The Bertz CT molecular complexity index is 1550. The molecule has 0 radical (unpaired) electrons. The number of nitrogens with zero attached hydrogens (tertiary/aromatic N) is 6. The van der Waals surface area contributed by atoms with E-state index in [0.717, 1.165) is 47.1 Å². The summed E-state index contributed by atoms with van der Waals surface area (Å²) in [6, 6.07) is 9.91. The molecule has 37 heavy (non-hydrogen) atoms. The van der Waals surface area contributed by atoms with Gasteiger partial charge in [0, 0.05) is 30.4 Å². The normalized spacial score (nSPS) is 19.9. The summed E-state index contributed by atoms with van der Waals surface area (Å²) in [5, 5.41) is 16.2. The molecule has 0 spiro atoms. The molecule has 0 amide bonds. The van der Waals surface area contributed by atoms with Crippen molar-refractivity contribution in [3.63, 3.8) is 0 Å². The molecule has 0 bridgehead atoms. The summed E-state index contributed by atoms with van der Waals surface area (Å²) < 4.78 is 15.9. The first-order valence-electron chi connectivity index (χ1n) is 12.7. The van der Waals surface area contributed by atoms with E-state index >= 15 is 0 Å². The van der Waals surface area contributed by atoms with E-state index in [4.69, 9.17) is 0 Å². The molecular weight excluding hydrogens is 487 g/mol. The Morgan fingerprint density at radius 1 is 0.919 bits per heavy atom. The largest absolute Gasteiger partial charge is 0.367 e. The molecule has 1 aromatic carbocycles. The van der Waals surface area contributed by atoms with Gasteiger partial charge in [-0.25, -0.2) is 14.8 Å². The van der Waals surface area contributed by atoms with E-state index in [1.165, 1.54) is 12.8 Å². The van der Waals surface area contributed by atoms with Crippen molar-refractivity contribution < 1.29 is 4.57 Å². The first-order chi connectivity index (χ1) is 17.8. The maximum atomic E-state index is 13.0. The molecule has 10 nitrogen and oxygen atoms in total. The molecule has 6 rings (SSSR count). The molecule has 11 heteroatoms. The van der Waals surface area contributed by atoms with Gasteiger partial charge < -0.3 is 15.2 Å². The van der Waals surface area contributed by atoms with Crippen molar-refractivity contribution in [3.05, 3.63) is 58.9 Å². The summed E-state index contributed by atoms with van der Waals surface area (Å²) >= 11 is 0. The number of hydrogen-bond donors (Lipinski definition) is 2. The molecule has 0 unspecified atom stereocenters. The second-order valence-corrected chi connectivity index (χ2v) is 13.8. The van der Waals surface area contributed by atoms with Crippen LogP contribution >= 0.6 is 7.14 Å². The van der Waals surface area contributed by atoms with Crippen LogP contribution in [0.25, 0.3) is 16.7 Å². The molecule has 0 aliphatic heterocycles. The van der Waals surface area contributed by atoms with E-state index in [1.54, 1.807) is 35.7 Å². The Morgan fingerprint density at radius 3 is 2.35 bits per heavy atom. The molecule has 2 saturated carbocycles. The standard InChI is InChI=1S/C26H31N8O2P/c1-33-22-10-9-20(37(2,3)36)13-23(22)34(26(33)35)19-8-11-24(27-14-19)29-17-6-7-18(12-17)30-25-28-15-21(31-32-25)16-4-5-16/h8-11,13-18H,4-7,12H2,1-3H3,(H,27,29)(H,28,30,32)/t17-,18-/m0/s1. The van der Waals surface area contributed by atoms with Gasteiger partial charge in [-0.3, -0.25) is 9.13 Å². The molecular formula is C26H31N8O2P. The van der Waals surface area contributed by atoms with Crippen LogP contribution in [0.5, 0.6) is 0 Å². The lowest BCUT2D eigenvalue weighted by Gasteiger charge is -2.15. The Morgan fingerprint density at radius 2 is 1.70 bits per heavy atom. The fourth-order valence-electron chi connectivity index (χ4n) is 5.07. The van der Waals surface area contributed by atoms with E-state index in [9.17, 15) is 9.36 Å². The second kappa shape index (κ2) is 9.10. The molecule has 2 aliphatic rings. The van der Waals surface area contributed by atoms with Crippen molar-refractivity contribution in [2.75, 3.05) is 24.0 Å². The first-order valence-corrected chi connectivity index (χ1v) is 15.3. The van der Waals surface area contributed by atoms with Crippen molar-refractivity contribution in [1.82, 2.24) is 29.3 Å². The highest BCUT2D eigenvalue weighted by Crippen LogP contribution is 2.38. The van der Waals surface area contributed by atoms with E-state index in [0.29, 0.717) is 17.6 Å². The van der Waals surface area contributed by atoms with E-state index in [1.807, 2.05) is 36.5 Å². The summed E-state index contributed by atoms with van der Waals surface area (Å²) in [7, 11) is -0.718. The van der Waals surface area contributed by atoms with Crippen molar-refractivity contribution in [2.24, 2.45) is 7.05 Å². The predicted octanol–water partition coefficient (Wildman–Crippen LogP) is 3.48. The summed E-state index contributed by atoms with van der Waals surface area (Å²) in [6.07, 6.45) is 8.87. The quantitative estimate of drug-likeness (QED) is 0.357. The lowest BCUT2D eigenvalue weighted by Crippen LogP contribution is -2.23. The van der Waals surface area contributed by atoms with Gasteiger partial charge in [-0.2, -0.15) is 0 Å². The Hall–Kier alpha value is -3.52. The predicted molar refractivity (Wildman–Crippen MR) is 146 cm³/mol. The fraction of sp³-hybridized carbons (Fsp3) is 0.423. The third kappa shape index (κ3) is 4.78. The highest BCUT2D eigenvalue weighted by molar-refractivity contribution is 7.70. The van der Waals surface area contributed by atoms with Gasteiger partial charge in [0.15, 0.2) is 0 Å². The number of imidazole rings is 1. The van der Waals surface area contributed by atoms with E-state index in [2.05, 4.69) is 30.8 Å². The Kier molecular flexibility index (Phi) is 5.87. The van der Waals surface area contributed by atoms with Crippen molar-refractivity contribution in [2.45, 2.75) is 50.1 Å². The van der Waals surface area contributed by atoms with Gasteiger partial charge in [-0.05, 0) is 75.8 Å². The number of hydrogen-bond acceptors (Lipinski definition) is 8. The van der Waals surface area contributed by atoms with Crippen LogP contribution in [0, 0.1) is 0 Å². The number of benzene rings is 1. The Balaban J connectivity index is 1.15. The maximum absolute atomic E-state index is 13.0. The molecule has 2 atom stereocenters. The minimum Gasteiger partial charge on any atom is -0.367 e. The van der Waals surface area contributed by atoms with Crippen LogP contribution < -0.4 is 21.6 Å². The van der Waals surface area contributed by atoms with Crippen LogP contribution in [0.4, 0.5) is 11.8 Å². The summed E-state index contributed by atoms with van der Waals surface area (Å²) in [4.78, 5) is 22.1. The van der Waals surface area contributed by atoms with Crippen LogP contribution in [-0.2, 0) is 11.6 Å². The molecule has 4 aromatic rings. The smallest absolute Gasteiger partial charge is 0.333 e. The summed E-state index contributed by atoms with van der Waals surface area (Å²) in [6.45, 7) is 3.47. The van der Waals surface area contributed by atoms with Crippen LogP contribution in [0.1, 0.15) is 43.7 Å². The minimum atomic E-state index is -2.46. The number of aryl methyl sites for hydroxylation is 1. The number of fused-ring (bicyclic) bond motifs is 1. The topological polar surface area (TPSA) is 120 Å². The summed E-state index contributed by atoms with van der Waals surface area (Å²) in [5.74, 6) is 1.90. The number of rotatable bonds is 7. The Labute approximate surface area is 214 Å². The molecule has 3 aromatic heterocycles. The van der Waals surface area contributed by atoms with Gasteiger partial charge in [0.25, 0.3) is 0 Å². The number of pyridine rings is 1. The average molecular weight is 519 g/mol. The maximum Gasteiger partial charge on any atom is 0.333 e. The lowest BCUT2D eigenvalue weighted by atomic mass is 10.2. The van der Waals surface area contributed by atoms with Gasteiger partial charge >= 0.3 is 5.69 Å². The van der Waals surface area contributed by atoms with E-state index < -0.39 is 7.14 Å². The van der Waals surface area contributed by atoms with Crippen LogP contribution in [-0.4, -0.2) is 54.7 Å². The van der Waals surface area contributed by atoms with Crippen molar-refractivity contribution >= 4 is 35.2 Å². The zero-order valence-electron chi connectivity index (χ0n) is 21.3. The molecule has 0 saturated heterocycles. The second-order valence-electron chi connectivity index (χ2n) is 10.6. The first kappa shape index (κ1) is 23.9. The molecule has 2 fully saturated rings. The number of nitrogens with one attached hydrogen (secondary N) is 2. The average Bonchev–Trinajstić information content (AvgIpc) is 3.59. The third-order valence-corrected chi connectivity index (χ3v) is 8.88.